The van der Waals surface area contributed by atoms with Crippen LogP contribution < -0.4 is 0 Å². The van der Waals surface area contributed by atoms with E-state index in [-0.39, 0.29) is 11.6 Å². The summed E-state index contributed by atoms with van der Waals surface area (Å²) in [6.45, 7) is 9.76. The van der Waals surface area contributed by atoms with E-state index in [4.69, 9.17) is 5.53 Å². The second kappa shape index (κ2) is 3.56. The molecule has 0 N–H and O–H groups in total. The van der Waals surface area contributed by atoms with Gasteiger partial charge in [0.1, 0.15) is 0 Å². The summed E-state index contributed by atoms with van der Waals surface area (Å²) in [5.41, 5.74) is 8.55. The standard InChI is InChI=1S/C9H18N4/c1-7-8(11-12-10)5-6-13(7)9(2,3)4/h7-8H,5-6H2,1-4H3/t7-,8-/m0/s1. The molecule has 1 aliphatic heterocycles. The molecule has 1 rings (SSSR count). The van der Waals surface area contributed by atoms with E-state index in [9.17, 15) is 0 Å². The highest BCUT2D eigenvalue weighted by atomic mass is 15.3. The van der Waals surface area contributed by atoms with Crippen molar-refractivity contribution in [1.29, 1.82) is 0 Å². The van der Waals surface area contributed by atoms with Crippen molar-refractivity contribution in [3.8, 4) is 0 Å². The normalized spacial score (nSPS) is 30.2. The number of nitrogens with zero attached hydrogens (tertiary/aromatic N) is 4. The van der Waals surface area contributed by atoms with Crippen LogP contribution in [0.3, 0.4) is 0 Å². The first-order valence-corrected chi connectivity index (χ1v) is 4.78. The van der Waals surface area contributed by atoms with Gasteiger partial charge in [0.05, 0.1) is 6.04 Å². The highest BCUT2D eigenvalue weighted by Crippen LogP contribution is 2.28. The van der Waals surface area contributed by atoms with Crippen LogP contribution in [0.4, 0.5) is 0 Å². The van der Waals surface area contributed by atoms with Gasteiger partial charge in [-0.2, -0.15) is 0 Å². The molecule has 4 nitrogen and oxygen atoms in total. The molecule has 1 heterocycles. The van der Waals surface area contributed by atoms with Gasteiger partial charge >= 0.3 is 0 Å². The summed E-state index contributed by atoms with van der Waals surface area (Å²) in [6, 6.07) is 0.528. The highest BCUT2D eigenvalue weighted by Gasteiger charge is 2.35. The lowest BCUT2D eigenvalue weighted by Crippen LogP contribution is -2.45. The third kappa shape index (κ3) is 2.14. The second-order valence-corrected chi connectivity index (χ2v) is 4.67. The fourth-order valence-electron chi connectivity index (χ4n) is 2.09. The first-order chi connectivity index (χ1) is 5.96. The maximum absolute atomic E-state index is 8.37. The summed E-state index contributed by atoms with van der Waals surface area (Å²) in [6.07, 6.45) is 0.989. The van der Waals surface area contributed by atoms with Gasteiger partial charge < -0.3 is 0 Å². The van der Waals surface area contributed by atoms with Crippen molar-refractivity contribution < 1.29 is 0 Å². The predicted molar refractivity (Wildman–Crippen MR) is 53.5 cm³/mol. The van der Waals surface area contributed by atoms with Crippen molar-refractivity contribution in [2.75, 3.05) is 6.54 Å². The molecule has 0 aromatic carbocycles. The molecular formula is C9H18N4. The molecule has 0 unspecified atom stereocenters. The lowest BCUT2D eigenvalue weighted by atomic mass is 10.0. The van der Waals surface area contributed by atoms with Gasteiger partial charge in [0.2, 0.25) is 0 Å². The minimum absolute atomic E-state index is 0.157. The van der Waals surface area contributed by atoms with Crippen molar-refractivity contribution in [3.63, 3.8) is 0 Å². The molecule has 0 saturated carbocycles. The molecule has 0 aromatic rings. The Morgan fingerprint density at radius 1 is 1.46 bits per heavy atom. The number of azide groups is 1. The van der Waals surface area contributed by atoms with Gasteiger partial charge in [0.15, 0.2) is 0 Å². The molecule has 0 bridgehead atoms. The topological polar surface area (TPSA) is 52.0 Å². The Morgan fingerprint density at radius 3 is 2.46 bits per heavy atom. The van der Waals surface area contributed by atoms with Gasteiger partial charge in [-0.1, -0.05) is 5.11 Å². The molecule has 1 aliphatic rings. The van der Waals surface area contributed by atoms with Gasteiger partial charge in [-0.05, 0) is 46.2 Å². The molecule has 13 heavy (non-hydrogen) atoms. The maximum Gasteiger partial charge on any atom is 0.0539 e. The molecule has 1 saturated heterocycles. The van der Waals surface area contributed by atoms with E-state index in [1.165, 1.54) is 0 Å². The van der Waals surface area contributed by atoms with Crippen molar-refractivity contribution in [2.24, 2.45) is 5.11 Å². The number of hydrogen-bond donors (Lipinski definition) is 0. The first-order valence-electron chi connectivity index (χ1n) is 4.78. The van der Waals surface area contributed by atoms with Gasteiger partial charge in [-0.3, -0.25) is 4.90 Å². The smallest absolute Gasteiger partial charge is 0.0539 e. The van der Waals surface area contributed by atoms with Crippen LogP contribution in [0.5, 0.6) is 0 Å². The first kappa shape index (κ1) is 10.4. The van der Waals surface area contributed by atoms with Gasteiger partial charge in [0.25, 0.3) is 0 Å². The lowest BCUT2D eigenvalue weighted by Gasteiger charge is -2.36. The molecule has 4 heteroatoms. The summed E-state index contributed by atoms with van der Waals surface area (Å²) in [5.74, 6) is 0. The quantitative estimate of drug-likeness (QED) is 0.349. The Labute approximate surface area is 79.5 Å². The van der Waals surface area contributed by atoms with E-state index >= 15 is 0 Å². The van der Waals surface area contributed by atoms with Gasteiger partial charge in [-0.15, -0.1) is 0 Å². The van der Waals surface area contributed by atoms with Crippen LogP contribution in [0, 0.1) is 0 Å². The van der Waals surface area contributed by atoms with E-state index < -0.39 is 0 Å². The van der Waals surface area contributed by atoms with Gasteiger partial charge in [0, 0.05) is 16.5 Å². The summed E-state index contributed by atoms with van der Waals surface area (Å²) >= 11 is 0. The van der Waals surface area contributed by atoms with Crippen molar-refractivity contribution in [3.05, 3.63) is 10.4 Å². The van der Waals surface area contributed by atoms with Crippen LogP contribution in [-0.2, 0) is 0 Å². The van der Waals surface area contributed by atoms with Crippen LogP contribution in [0.2, 0.25) is 0 Å². The van der Waals surface area contributed by atoms with Crippen LogP contribution >= 0.6 is 0 Å². The predicted octanol–water partition coefficient (Wildman–Crippen LogP) is 2.56. The number of rotatable bonds is 1. The van der Waals surface area contributed by atoms with Crippen LogP contribution in [0.1, 0.15) is 34.1 Å². The van der Waals surface area contributed by atoms with Crippen LogP contribution in [0.25, 0.3) is 10.4 Å². The molecule has 0 aromatic heterocycles. The highest BCUT2D eigenvalue weighted by molar-refractivity contribution is 4.94. The van der Waals surface area contributed by atoms with E-state index in [2.05, 4.69) is 42.6 Å². The summed E-state index contributed by atoms with van der Waals surface area (Å²) < 4.78 is 0. The van der Waals surface area contributed by atoms with Crippen molar-refractivity contribution in [1.82, 2.24) is 4.90 Å². The van der Waals surface area contributed by atoms with Crippen molar-refractivity contribution in [2.45, 2.75) is 51.7 Å². The molecule has 74 valence electrons. The fraction of sp³-hybridized carbons (Fsp3) is 1.00. The maximum atomic E-state index is 8.37. The number of likely N-dealkylation sites (tertiary alicyclic amines) is 1. The summed E-state index contributed by atoms with van der Waals surface area (Å²) in [4.78, 5) is 5.28. The molecule has 1 fully saturated rings. The molecule has 0 radical (unpaired) electrons. The van der Waals surface area contributed by atoms with Crippen LogP contribution in [-0.4, -0.2) is 29.1 Å². The van der Waals surface area contributed by atoms with E-state index in [0.717, 1.165) is 13.0 Å². The SMILES string of the molecule is C[C@H]1[C@@H](N=[N+]=[N-])CCN1C(C)(C)C. The zero-order chi connectivity index (χ0) is 10.1. The minimum Gasteiger partial charge on any atom is -0.295 e. The Morgan fingerprint density at radius 2 is 2.08 bits per heavy atom. The second-order valence-electron chi connectivity index (χ2n) is 4.67. The third-order valence-corrected chi connectivity index (χ3v) is 2.78. The van der Waals surface area contributed by atoms with E-state index in [1.807, 2.05) is 0 Å². The zero-order valence-electron chi connectivity index (χ0n) is 8.86. The number of hydrogen-bond acceptors (Lipinski definition) is 2. The van der Waals surface area contributed by atoms with Crippen molar-refractivity contribution >= 4 is 0 Å². The lowest BCUT2D eigenvalue weighted by molar-refractivity contribution is 0.126. The molecular weight excluding hydrogens is 164 g/mol. The summed E-state index contributed by atoms with van der Waals surface area (Å²) in [7, 11) is 0. The Hall–Kier alpha value is -0.730. The van der Waals surface area contributed by atoms with Crippen LogP contribution in [0.15, 0.2) is 5.11 Å². The Balaban J connectivity index is 2.70. The average Bonchev–Trinajstić information content (AvgIpc) is 2.32. The Kier molecular flexibility index (Phi) is 2.84. The molecule has 0 amide bonds. The van der Waals surface area contributed by atoms with Gasteiger partial charge in [-0.25, -0.2) is 0 Å². The third-order valence-electron chi connectivity index (χ3n) is 2.78. The zero-order valence-corrected chi connectivity index (χ0v) is 8.86. The average molecular weight is 182 g/mol. The van der Waals surface area contributed by atoms with E-state index in [0.29, 0.717) is 6.04 Å². The Bertz CT molecular complexity index is 224. The molecule has 0 spiro atoms. The summed E-state index contributed by atoms with van der Waals surface area (Å²) in [5, 5.41) is 3.81. The van der Waals surface area contributed by atoms with E-state index in [1.54, 1.807) is 0 Å². The molecule has 2 atom stereocenters. The molecule has 0 aliphatic carbocycles. The fourth-order valence-corrected chi connectivity index (χ4v) is 2.09. The minimum atomic E-state index is 0.157. The largest absolute Gasteiger partial charge is 0.295 e. The monoisotopic (exact) mass is 182 g/mol.